The minimum absolute atomic E-state index is 0.266. The number of hydrogen-bond donors (Lipinski definition) is 1. The fourth-order valence-electron chi connectivity index (χ4n) is 3.16. The Bertz CT molecular complexity index is 263. The van der Waals surface area contributed by atoms with Gasteiger partial charge in [0.1, 0.15) is 5.78 Å². The van der Waals surface area contributed by atoms with Crippen LogP contribution in [0.5, 0.6) is 0 Å². The van der Waals surface area contributed by atoms with E-state index in [9.17, 15) is 4.79 Å². The van der Waals surface area contributed by atoms with Gasteiger partial charge in [0.2, 0.25) is 0 Å². The van der Waals surface area contributed by atoms with Crippen molar-refractivity contribution in [2.45, 2.75) is 63.8 Å². The Morgan fingerprint density at radius 3 is 2.61 bits per heavy atom. The van der Waals surface area contributed by atoms with Gasteiger partial charge >= 0.3 is 0 Å². The molecule has 0 spiro atoms. The maximum atomic E-state index is 12.1. The summed E-state index contributed by atoms with van der Waals surface area (Å²) in [6.45, 7) is 2.18. The van der Waals surface area contributed by atoms with Crippen molar-refractivity contribution in [3.63, 3.8) is 0 Å². The molecule has 0 aromatic carbocycles. The molecule has 1 atom stereocenters. The second-order valence-electron chi connectivity index (χ2n) is 5.92. The van der Waals surface area contributed by atoms with Gasteiger partial charge in [0.25, 0.3) is 0 Å². The molecule has 0 saturated heterocycles. The zero-order chi connectivity index (χ0) is 12.8. The average Bonchev–Trinajstić information content (AvgIpc) is 2.49. The van der Waals surface area contributed by atoms with E-state index in [1.54, 1.807) is 0 Å². The molecule has 3 nitrogen and oxygen atoms in total. The molecule has 2 aliphatic rings. The summed E-state index contributed by atoms with van der Waals surface area (Å²) >= 11 is 0. The third-order valence-electron chi connectivity index (χ3n) is 4.58. The molecule has 0 heterocycles. The van der Waals surface area contributed by atoms with E-state index in [0.29, 0.717) is 11.8 Å². The summed E-state index contributed by atoms with van der Waals surface area (Å²) in [7, 11) is 0. The first-order chi connectivity index (χ1) is 8.81. The van der Waals surface area contributed by atoms with Gasteiger partial charge in [-0.05, 0) is 32.1 Å². The van der Waals surface area contributed by atoms with Crippen molar-refractivity contribution >= 4 is 5.78 Å². The molecule has 18 heavy (non-hydrogen) atoms. The van der Waals surface area contributed by atoms with Crippen LogP contribution in [0.25, 0.3) is 0 Å². The first kappa shape index (κ1) is 14.0. The Kier molecular flexibility index (Phi) is 5.64. The second-order valence-corrected chi connectivity index (χ2v) is 5.92. The topological polar surface area (TPSA) is 40.5 Å². The van der Waals surface area contributed by atoms with Crippen LogP contribution in [0, 0.1) is 5.92 Å². The van der Waals surface area contributed by atoms with Gasteiger partial charge in [0.05, 0.1) is 0 Å². The van der Waals surface area contributed by atoms with Crippen molar-refractivity contribution in [2.24, 2.45) is 5.92 Å². The fraction of sp³-hybridized carbons (Fsp3) is 0.933. The summed E-state index contributed by atoms with van der Waals surface area (Å²) in [6.07, 6.45) is 10.2. The van der Waals surface area contributed by atoms with Gasteiger partial charge < -0.3 is 5.11 Å². The van der Waals surface area contributed by atoms with Gasteiger partial charge in [-0.2, -0.15) is 0 Å². The summed E-state index contributed by atoms with van der Waals surface area (Å²) in [6, 6.07) is 0.688. The quantitative estimate of drug-likeness (QED) is 0.739. The van der Waals surface area contributed by atoms with E-state index in [2.05, 4.69) is 4.90 Å². The van der Waals surface area contributed by atoms with Gasteiger partial charge in [-0.15, -0.1) is 0 Å². The summed E-state index contributed by atoms with van der Waals surface area (Å²) in [4.78, 5) is 14.6. The van der Waals surface area contributed by atoms with E-state index in [-0.39, 0.29) is 12.5 Å². The average molecular weight is 253 g/mol. The third-order valence-corrected chi connectivity index (χ3v) is 4.58. The molecule has 0 bridgehead atoms. The Labute approximate surface area is 111 Å². The molecule has 1 N–H and O–H groups in total. The molecule has 104 valence electrons. The second kappa shape index (κ2) is 7.25. The molecule has 2 fully saturated rings. The molecule has 1 unspecified atom stereocenters. The van der Waals surface area contributed by atoms with Crippen molar-refractivity contribution < 1.29 is 9.90 Å². The van der Waals surface area contributed by atoms with Crippen LogP contribution in [0.1, 0.15) is 57.8 Å². The number of hydrogen-bond acceptors (Lipinski definition) is 3. The predicted molar refractivity (Wildman–Crippen MR) is 72.5 cm³/mol. The molecular weight excluding hydrogens is 226 g/mol. The highest BCUT2D eigenvalue weighted by molar-refractivity contribution is 5.81. The van der Waals surface area contributed by atoms with Crippen molar-refractivity contribution in [3.8, 4) is 0 Å². The number of carbonyl (C=O) groups excluding carboxylic acids is 1. The summed E-state index contributed by atoms with van der Waals surface area (Å²) in [5.74, 6) is 0.757. The SMILES string of the molecule is O=C1CCCCCC1CN(CCCO)C1CCC1. The highest BCUT2D eigenvalue weighted by Crippen LogP contribution is 2.28. The standard InChI is InChI=1S/C15H27NO2/c17-11-5-10-16(14-7-4-8-14)12-13-6-2-1-3-9-15(13)18/h13-14,17H,1-12H2. The van der Waals surface area contributed by atoms with Gasteiger partial charge in [-0.3, -0.25) is 9.69 Å². The van der Waals surface area contributed by atoms with E-state index in [0.717, 1.165) is 38.8 Å². The van der Waals surface area contributed by atoms with Crippen LogP contribution in [0.4, 0.5) is 0 Å². The van der Waals surface area contributed by atoms with Crippen LogP contribution in [0.15, 0.2) is 0 Å². The van der Waals surface area contributed by atoms with Crippen molar-refractivity contribution in [1.82, 2.24) is 4.90 Å². The number of nitrogens with zero attached hydrogens (tertiary/aromatic N) is 1. The van der Waals surface area contributed by atoms with Gasteiger partial charge in [0.15, 0.2) is 0 Å². The highest BCUT2D eigenvalue weighted by Gasteiger charge is 2.29. The Morgan fingerprint density at radius 1 is 1.11 bits per heavy atom. The molecule has 0 amide bonds. The van der Waals surface area contributed by atoms with Gasteiger partial charge in [-0.1, -0.05) is 19.3 Å². The summed E-state index contributed by atoms with van der Waals surface area (Å²) in [5.41, 5.74) is 0. The third kappa shape index (κ3) is 3.79. The van der Waals surface area contributed by atoms with E-state index < -0.39 is 0 Å². The number of carbonyl (C=O) groups is 1. The number of rotatable bonds is 6. The van der Waals surface area contributed by atoms with Crippen LogP contribution >= 0.6 is 0 Å². The summed E-state index contributed by atoms with van der Waals surface area (Å²) in [5, 5.41) is 9.00. The van der Waals surface area contributed by atoms with Crippen LogP contribution in [-0.4, -0.2) is 41.5 Å². The lowest BCUT2D eigenvalue weighted by molar-refractivity contribution is -0.123. The predicted octanol–water partition coefficient (Wildman–Crippen LogP) is 2.37. The molecule has 2 saturated carbocycles. The van der Waals surface area contributed by atoms with Gasteiger partial charge in [-0.25, -0.2) is 0 Å². The number of ketones is 1. The van der Waals surface area contributed by atoms with Crippen LogP contribution in [-0.2, 0) is 4.79 Å². The number of aliphatic hydroxyl groups excluding tert-OH is 1. The largest absolute Gasteiger partial charge is 0.396 e. The van der Waals surface area contributed by atoms with E-state index in [4.69, 9.17) is 5.11 Å². The minimum atomic E-state index is 0.266. The Morgan fingerprint density at radius 2 is 1.94 bits per heavy atom. The Balaban J connectivity index is 1.86. The molecule has 3 heteroatoms. The first-order valence-corrected chi connectivity index (χ1v) is 7.69. The van der Waals surface area contributed by atoms with Crippen molar-refractivity contribution in [3.05, 3.63) is 0 Å². The number of aliphatic hydroxyl groups is 1. The molecule has 0 aromatic heterocycles. The zero-order valence-corrected chi connectivity index (χ0v) is 11.4. The fourth-order valence-corrected chi connectivity index (χ4v) is 3.16. The lowest BCUT2D eigenvalue weighted by atomic mass is 9.89. The lowest BCUT2D eigenvalue weighted by Gasteiger charge is -2.39. The van der Waals surface area contributed by atoms with Crippen molar-refractivity contribution in [1.29, 1.82) is 0 Å². The minimum Gasteiger partial charge on any atom is -0.396 e. The smallest absolute Gasteiger partial charge is 0.137 e. The van der Waals surface area contributed by atoms with Crippen LogP contribution < -0.4 is 0 Å². The van der Waals surface area contributed by atoms with E-state index >= 15 is 0 Å². The molecule has 2 rings (SSSR count). The van der Waals surface area contributed by atoms with E-state index in [1.165, 1.54) is 32.1 Å². The first-order valence-electron chi connectivity index (χ1n) is 7.69. The van der Waals surface area contributed by atoms with E-state index in [1.807, 2.05) is 0 Å². The molecular formula is C15H27NO2. The zero-order valence-electron chi connectivity index (χ0n) is 11.4. The molecule has 0 aliphatic heterocycles. The van der Waals surface area contributed by atoms with Crippen LogP contribution in [0.2, 0.25) is 0 Å². The Hall–Kier alpha value is -0.410. The highest BCUT2D eigenvalue weighted by atomic mass is 16.3. The number of Topliss-reactive ketones (excluding diaryl/α,β-unsaturated/α-hetero) is 1. The lowest BCUT2D eigenvalue weighted by Crippen LogP contribution is -2.44. The normalized spacial score (nSPS) is 26.1. The van der Waals surface area contributed by atoms with Crippen molar-refractivity contribution in [2.75, 3.05) is 19.7 Å². The molecule has 2 aliphatic carbocycles. The van der Waals surface area contributed by atoms with Crippen LogP contribution in [0.3, 0.4) is 0 Å². The molecule has 0 aromatic rings. The maximum absolute atomic E-state index is 12.1. The maximum Gasteiger partial charge on any atom is 0.137 e. The monoisotopic (exact) mass is 253 g/mol. The van der Waals surface area contributed by atoms with Gasteiger partial charge in [0, 0.05) is 38.1 Å². The summed E-state index contributed by atoms with van der Waals surface area (Å²) < 4.78 is 0. The molecule has 0 radical (unpaired) electrons.